The number of rotatable bonds is 3. The fourth-order valence-corrected chi connectivity index (χ4v) is 5.96. The maximum absolute atomic E-state index is 12.5. The Morgan fingerprint density at radius 2 is 1.85 bits per heavy atom. The predicted octanol–water partition coefficient (Wildman–Crippen LogP) is 4.61. The van der Waals surface area contributed by atoms with E-state index in [1.807, 2.05) is 0 Å². The van der Waals surface area contributed by atoms with Crippen LogP contribution in [0.1, 0.15) is 33.1 Å². The second-order valence-electron chi connectivity index (χ2n) is 5.75. The quantitative estimate of drug-likeness (QED) is 0.804. The monoisotopic (exact) mass is 399 g/mol. The molecule has 1 saturated carbocycles. The van der Waals surface area contributed by atoms with Crippen molar-refractivity contribution in [1.29, 1.82) is 0 Å². The van der Waals surface area contributed by atoms with Crippen molar-refractivity contribution in [1.82, 2.24) is 4.72 Å². The van der Waals surface area contributed by atoms with Crippen LogP contribution in [-0.2, 0) is 10.0 Å². The average molecular weight is 401 g/mol. The van der Waals surface area contributed by atoms with Crippen LogP contribution in [0.25, 0.3) is 0 Å². The standard InChI is InChI=1S/C13H16BrCl2NO2S/c1-13(2)5-3-4-11(13)17-20(18,19)12-9(15)6-8(14)7-10(12)16/h6-7,11,17H,3-5H2,1-2H3. The lowest BCUT2D eigenvalue weighted by atomic mass is 9.88. The molecule has 1 aliphatic carbocycles. The van der Waals surface area contributed by atoms with Gasteiger partial charge in [-0.3, -0.25) is 0 Å². The molecule has 1 atom stereocenters. The molecule has 2 rings (SSSR count). The van der Waals surface area contributed by atoms with Gasteiger partial charge in [0.05, 0.1) is 10.0 Å². The minimum atomic E-state index is -3.73. The molecular weight excluding hydrogens is 385 g/mol. The molecule has 0 bridgehead atoms. The zero-order chi connectivity index (χ0) is 15.1. The second-order valence-corrected chi connectivity index (χ2v) is 9.13. The minimum absolute atomic E-state index is 0.0493. The molecule has 7 heteroatoms. The molecule has 0 spiro atoms. The maximum atomic E-state index is 12.5. The third-order valence-corrected chi connectivity index (χ3v) is 6.64. The summed E-state index contributed by atoms with van der Waals surface area (Å²) in [5.41, 5.74) is -0.0542. The van der Waals surface area contributed by atoms with Gasteiger partial charge < -0.3 is 0 Å². The molecule has 1 fully saturated rings. The molecule has 0 saturated heterocycles. The largest absolute Gasteiger partial charge is 0.243 e. The van der Waals surface area contributed by atoms with Gasteiger partial charge in [-0.05, 0) is 30.4 Å². The van der Waals surface area contributed by atoms with Gasteiger partial charge in [0.1, 0.15) is 4.90 Å². The lowest BCUT2D eigenvalue weighted by Gasteiger charge is -2.27. The molecule has 1 N–H and O–H groups in total. The van der Waals surface area contributed by atoms with Crippen molar-refractivity contribution in [2.24, 2.45) is 5.41 Å². The molecule has 1 unspecified atom stereocenters. The highest BCUT2D eigenvalue weighted by atomic mass is 79.9. The van der Waals surface area contributed by atoms with Gasteiger partial charge in [0, 0.05) is 10.5 Å². The summed E-state index contributed by atoms with van der Waals surface area (Å²) in [7, 11) is -3.73. The Morgan fingerprint density at radius 3 is 2.30 bits per heavy atom. The van der Waals surface area contributed by atoms with Gasteiger partial charge in [-0.1, -0.05) is 59.4 Å². The highest BCUT2D eigenvalue weighted by Crippen LogP contribution is 2.39. The highest BCUT2D eigenvalue weighted by molar-refractivity contribution is 9.10. The van der Waals surface area contributed by atoms with Gasteiger partial charge in [0.25, 0.3) is 0 Å². The first-order valence-electron chi connectivity index (χ1n) is 6.30. The summed E-state index contributed by atoms with van der Waals surface area (Å²) in [5, 5.41) is 0.236. The zero-order valence-corrected chi connectivity index (χ0v) is 15.1. The number of halogens is 3. The van der Waals surface area contributed by atoms with Crippen LogP contribution in [0, 0.1) is 5.41 Å². The molecule has 112 valence electrons. The van der Waals surface area contributed by atoms with Gasteiger partial charge >= 0.3 is 0 Å². The van der Waals surface area contributed by atoms with Crippen molar-refractivity contribution in [2.45, 2.75) is 44.0 Å². The third kappa shape index (κ3) is 3.33. The van der Waals surface area contributed by atoms with Crippen LogP contribution in [0.3, 0.4) is 0 Å². The summed E-state index contributed by atoms with van der Waals surface area (Å²) in [6.45, 7) is 4.13. The van der Waals surface area contributed by atoms with Crippen LogP contribution in [-0.4, -0.2) is 14.5 Å². The summed E-state index contributed by atoms with van der Waals surface area (Å²) in [4.78, 5) is -0.0493. The molecule has 1 aromatic rings. The van der Waals surface area contributed by atoms with E-state index in [0.29, 0.717) is 4.47 Å². The smallest absolute Gasteiger partial charge is 0.207 e. The molecular formula is C13H16BrCl2NO2S. The number of nitrogens with one attached hydrogen (secondary N) is 1. The minimum Gasteiger partial charge on any atom is -0.207 e. The summed E-state index contributed by atoms with van der Waals surface area (Å²) in [6, 6.07) is 2.96. The molecule has 0 aliphatic heterocycles. The number of hydrogen-bond donors (Lipinski definition) is 1. The summed E-state index contributed by atoms with van der Waals surface area (Å²) < 4.78 is 28.5. The van der Waals surface area contributed by atoms with Gasteiger partial charge in [-0.25, -0.2) is 13.1 Å². The topological polar surface area (TPSA) is 46.2 Å². The first-order chi connectivity index (χ1) is 9.13. The summed E-state index contributed by atoms with van der Waals surface area (Å²) >= 11 is 15.3. The third-order valence-electron chi connectivity index (χ3n) is 3.79. The molecule has 20 heavy (non-hydrogen) atoms. The van der Waals surface area contributed by atoms with E-state index in [2.05, 4.69) is 34.5 Å². The first kappa shape index (κ1) is 16.6. The SMILES string of the molecule is CC1(C)CCCC1NS(=O)(=O)c1c(Cl)cc(Br)cc1Cl. The number of hydrogen-bond acceptors (Lipinski definition) is 2. The second kappa shape index (κ2) is 5.76. The average Bonchev–Trinajstić information content (AvgIpc) is 2.55. The number of benzene rings is 1. The zero-order valence-electron chi connectivity index (χ0n) is 11.2. The molecule has 0 heterocycles. The normalized spacial score (nSPS) is 22.1. The Balaban J connectivity index is 2.37. The van der Waals surface area contributed by atoms with E-state index in [-0.39, 0.29) is 26.4 Å². The van der Waals surface area contributed by atoms with Gasteiger partial charge in [-0.2, -0.15) is 0 Å². The van der Waals surface area contributed by atoms with Crippen molar-refractivity contribution in [2.75, 3.05) is 0 Å². The van der Waals surface area contributed by atoms with Crippen LogP contribution in [0.5, 0.6) is 0 Å². The van der Waals surface area contributed by atoms with Gasteiger partial charge in [0.15, 0.2) is 0 Å². The van der Waals surface area contributed by atoms with E-state index in [0.717, 1.165) is 19.3 Å². The van der Waals surface area contributed by atoms with Crippen LogP contribution in [0.4, 0.5) is 0 Å². The fourth-order valence-electron chi connectivity index (χ4n) is 2.58. The summed E-state index contributed by atoms with van der Waals surface area (Å²) in [6.07, 6.45) is 2.85. The Hall–Kier alpha value is 0.190. The van der Waals surface area contributed by atoms with Crippen LogP contribution in [0.15, 0.2) is 21.5 Å². The lowest BCUT2D eigenvalue weighted by molar-refractivity contribution is 0.313. The molecule has 0 amide bonds. The molecule has 0 radical (unpaired) electrons. The first-order valence-corrected chi connectivity index (χ1v) is 9.33. The molecule has 1 aliphatic rings. The van der Waals surface area contributed by atoms with Crippen molar-refractivity contribution in [3.05, 3.63) is 26.7 Å². The Morgan fingerprint density at radius 1 is 1.30 bits per heavy atom. The fraction of sp³-hybridized carbons (Fsp3) is 0.538. The van der Waals surface area contributed by atoms with Crippen molar-refractivity contribution in [3.63, 3.8) is 0 Å². The Labute approximate surface area is 138 Å². The Kier molecular flexibility index (Phi) is 4.77. The van der Waals surface area contributed by atoms with Crippen molar-refractivity contribution < 1.29 is 8.42 Å². The van der Waals surface area contributed by atoms with E-state index in [1.54, 1.807) is 0 Å². The van der Waals surface area contributed by atoms with Gasteiger partial charge in [-0.15, -0.1) is 0 Å². The Bertz CT molecular complexity index is 608. The van der Waals surface area contributed by atoms with E-state index in [4.69, 9.17) is 23.2 Å². The van der Waals surface area contributed by atoms with E-state index < -0.39 is 10.0 Å². The van der Waals surface area contributed by atoms with E-state index in [1.165, 1.54) is 12.1 Å². The predicted molar refractivity (Wildman–Crippen MR) is 85.9 cm³/mol. The van der Waals surface area contributed by atoms with Crippen LogP contribution in [0.2, 0.25) is 10.0 Å². The van der Waals surface area contributed by atoms with E-state index in [9.17, 15) is 8.42 Å². The van der Waals surface area contributed by atoms with E-state index >= 15 is 0 Å². The van der Waals surface area contributed by atoms with Crippen LogP contribution < -0.4 is 4.72 Å². The molecule has 3 nitrogen and oxygen atoms in total. The maximum Gasteiger partial charge on any atom is 0.243 e. The van der Waals surface area contributed by atoms with Gasteiger partial charge in [0.2, 0.25) is 10.0 Å². The summed E-state index contributed by atoms with van der Waals surface area (Å²) in [5.74, 6) is 0. The van der Waals surface area contributed by atoms with Crippen molar-refractivity contribution in [3.8, 4) is 0 Å². The highest BCUT2D eigenvalue weighted by Gasteiger charge is 2.38. The number of sulfonamides is 1. The van der Waals surface area contributed by atoms with Crippen LogP contribution >= 0.6 is 39.1 Å². The molecule has 0 aromatic heterocycles. The lowest BCUT2D eigenvalue weighted by Crippen LogP contribution is -2.41. The van der Waals surface area contributed by atoms with Crippen molar-refractivity contribution >= 4 is 49.2 Å². The molecule has 1 aromatic carbocycles.